The van der Waals surface area contributed by atoms with E-state index in [0.717, 1.165) is 42.3 Å². The highest BCUT2D eigenvalue weighted by molar-refractivity contribution is 8.18. The number of amides is 3. The average molecular weight is 404 g/mol. The minimum atomic E-state index is -0.468. The van der Waals surface area contributed by atoms with Crippen LogP contribution < -0.4 is 4.74 Å². The zero-order chi connectivity index (χ0) is 20.1. The molecule has 0 radical (unpaired) electrons. The van der Waals surface area contributed by atoms with Gasteiger partial charge < -0.3 is 14.7 Å². The number of aromatic hydroxyl groups is 1. The first-order valence-electron chi connectivity index (χ1n) is 9.48. The van der Waals surface area contributed by atoms with Crippen molar-refractivity contribution in [3.05, 3.63) is 28.7 Å². The van der Waals surface area contributed by atoms with Crippen LogP contribution in [0.1, 0.15) is 38.2 Å². The van der Waals surface area contributed by atoms with Crippen LogP contribution >= 0.6 is 11.8 Å². The Labute approximate surface area is 168 Å². The molecule has 0 aliphatic carbocycles. The van der Waals surface area contributed by atoms with Crippen LogP contribution in [0.25, 0.3) is 6.08 Å². The smallest absolute Gasteiger partial charge is 0.294 e. The van der Waals surface area contributed by atoms with Gasteiger partial charge in [-0.05, 0) is 55.3 Å². The lowest BCUT2D eigenvalue weighted by Gasteiger charge is -2.22. The molecule has 0 aromatic heterocycles. The summed E-state index contributed by atoms with van der Waals surface area (Å²) in [4.78, 5) is 40.5. The minimum absolute atomic E-state index is 0.00940. The molecule has 150 valence electrons. The number of likely N-dealkylation sites (tertiary alicyclic amines) is 1. The number of carbonyl (C=O) groups excluding carboxylic acids is 3. The number of imide groups is 1. The van der Waals surface area contributed by atoms with Crippen molar-refractivity contribution >= 4 is 34.9 Å². The SMILES string of the molecule is CCOc1cc(/C=C2\SC(=O)N(CC(=O)N3CCCCCC3)C2=O)ccc1O. The number of hydrogen-bond donors (Lipinski definition) is 1. The van der Waals surface area contributed by atoms with Gasteiger partial charge in [0.1, 0.15) is 6.54 Å². The summed E-state index contributed by atoms with van der Waals surface area (Å²) < 4.78 is 5.34. The van der Waals surface area contributed by atoms with E-state index in [1.807, 2.05) is 0 Å². The first kappa shape index (κ1) is 20.3. The van der Waals surface area contributed by atoms with E-state index >= 15 is 0 Å². The molecule has 2 aliphatic rings. The molecule has 3 rings (SSSR count). The molecular formula is C20H24N2O5S. The quantitative estimate of drug-likeness (QED) is 0.758. The number of thioether (sulfide) groups is 1. The van der Waals surface area contributed by atoms with Gasteiger partial charge in [0.25, 0.3) is 11.1 Å². The second-order valence-electron chi connectivity index (χ2n) is 6.72. The summed E-state index contributed by atoms with van der Waals surface area (Å²) >= 11 is 0.817. The average Bonchev–Trinajstić information content (AvgIpc) is 2.88. The molecule has 8 heteroatoms. The van der Waals surface area contributed by atoms with Gasteiger partial charge in [-0.15, -0.1) is 0 Å². The van der Waals surface area contributed by atoms with Crippen LogP contribution in [0, 0.1) is 0 Å². The maximum atomic E-state index is 12.6. The van der Waals surface area contributed by atoms with Gasteiger partial charge in [-0.1, -0.05) is 18.9 Å². The molecule has 0 unspecified atom stereocenters. The molecule has 28 heavy (non-hydrogen) atoms. The fraction of sp³-hybridized carbons (Fsp3) is 0.450. The molecule has 2 aliphatic heterocycles. The summed E-state index contributed by atoms with van der Waals surface area (Å²) in [5.41, 5.74) is 0.630. The van der Waals surface area contributed by atoms with Gasteiger partial charge in [0.2, 0.25) is 5.91 Å². The fourth-order valence-electron chi connectivity index (χ4n) is 3.23. The van der Waals surface area contributed by atoms with E-state index in [-0.39, 0.29) is 23.1 Å². The van der Waals surface area contributed by atoms with Gasteiger partial charge in [-0.25, -0.2) is 0 Å². The predicted octanol–water partition coefficient (Wildman–Crippen LogP) is 3.23. The van der Waals surface area contributed by atoms with Gasteiger partial charge in [0.05, 0.1) is 11.5 Å². The number of nitrogens with zero attached hydrogens (tertiary/aromatic N) is 2. The highest BCUT2D eigenvalue weighted by Crippen LogP contribution is 2.34. The summed E-state index contributed by atoms with van der Waals surface area (Å²) in [7, 11) is 0. The number of hydrogen-bond acceptors (Lipinski definition) is 6. The van der Waals surface area contributed by atoms with Gasteiger partial charge in [0, 0.05) is 13.1 Å². The molecule has 2 saturated heterocycles. The molecule has 2 fully saturated rings. The molecule has 0 saturated carbocycles. The van der Waals surface area contributed by atoms with Crippen molar-refractivity contribution in [3.8, 4) is 11.5 Å². The lowest BCUT2D eigenvalue weighted by Crippen LogP contribution is -2.42. The Morgan fingerprint density at radius 3 is 2.61 bits per heavy atom. The third kappa shape index (κ3) is 4.67. The van der Waals surface area contributed by atoms with Crippen LogP contribution in [0.5, 0.6) is 11.5 Å². The molecule has 1 aromatic carbocycles. The monoisotopic (exact) mass is 404 g/mol. The van der Waals surface area contributed by atoms with Crippen LogP contribution in [0.3, 0.4) is 0 Å². The summed E-state index contributed by atoms with van der Waals surface area (Å²) in [5, 5.41) is 9.34. The Hall–Kier alpha value is -2.48. The number of rotatable bonds is 5. The van der Waals surface area contributed by atoms with Crippen molar-refractivity contribution in [3.63, 3.8) is 0 Å². The van der Waals surface area contributed by atoms with E-state index in [1.165, 1.54) is 6.07 Å². The molecular weight excluding hydrogens is 380 g/mol. The normalized spacial score (nSPS) is 19.2. The molecule has 3 amide bonds. The number of ether oxygens (including phenoxy) is 1. The van der Waals surface area contributed by atoms with E-state index in [2.05, 4.69) is 0 Å². The number of benzene rings is 1. The first-order chi connectivity index (χ1) is 13.5. The molecule has 0 spiro atoms. The Balaban J connectivity index is 1.71. The topological polar surface area (TPSA) is 87.2 Å². The molecule has 2 heterocycles. The van der Waals surface area contributed by atoms with Crippen LogP contribution in [0.2, 0.25) is 0 Å². The molecule has 1 aromatic rings. The Morgan fingerprint density at radius 1 is 1.21 bits per heavy atom. The van der Waals surface area contributed by atoms with Crippen molar-refractivity contribution in [2.24, 2.45) is 0 Å². The maximum absolute atomic E-state index is 12.6. The Bertz CT molecular complexity index is 800. The summed E-state index contributed by atoms with van der Waals surface area (Å²) in [6.45, 7) is 3.34. The van der Waals surface area contributed by atoms with Crippen molar-refractivity contribution in [2.45, 2.75) is 32.6 Å². The second-order valence-corrected chi connectivity index (χ2v) is 7.72. The highest BCUT2D eigenvalue weighted by atomic mass is 32.2. The lowest BCUT2D eigenvalue weighted by atomic mass is 10.2. The van der Waals surface area contributed by atoms with Crippen molar-refractivity contribution in [1.82, 2.24) is 9.80 Å². The second kappa shape index (κ2) is 9.14. The number of phenolic OH excluding ortho intramolecular Hbond substituents is 1. The first-order valence-corrected chi connectivity index (χ1v) is 10.3. The standard InChI is InChI=1S/C20H24N2O5S/c1-2-27-16-11-14(7-8-15(16)23)12-17-19(25)22(20(26)28-17)13-18(24)21-9-5-3-4-6-10-21/h7-8,11-12,23H,2-6,9-10,13H2,1H3/b17-12-. The van der Waals surface area contributed by atoms with E-state index in [0.29, 0.717) is 31.0 Å². The number of carbonyl (C=O) groups is 3. The van der Waals surface area contributed by atoms with Crippen LogP contribution in [-0.4, -0.2) is 58.2 Å². The van der Waals surface area contributed by atoms with E-state index in [9.17, 15) is 19.5 Å². The zero-order valence-corrected chi connectivity index (χ0v) is 16.7. The highest BCUT2D eigenvalue weighted by Gasteiger charge is 2.37. The van der Waals surface area contributed by atoms with Crippen LogP contribution in [0.15, 0.2) is 23.1 Å². The number of phenols is 1. The van der Waals surface area contributed by atoms with Crippen molar-refractivity contribution < 1.29 is 24.2 Å². The minimum Gasteiger partial charge on any atom is -0.504 e. The predicted molar refractivity (Wildman–Crippen MR) is 107 cm³/mol. The summed E-state index contributed by atoms with van der Waals surface area (Å²) in [6.07, 6.45) is 5.69. The van der Waals surface area contributed by atoms with Gasteiger partial charge in [-0.2, -0.15) is 0 Å². The largest absolute Gasteiger partial charge is 0.504 e. The fourth-order valence-corrected chi connectivity index (χ4v) is 4.07. The van der Waals surface area contributed by atoms with Crippen molar-refractivity contribution in [2.75, 3.05) is 26.2 Å². The third-order valence-corrected chi connectivity index (χ3v) is 5.61. The molecule has 7 nitrogen and oxygen atoms in total. The Kier molecular flexibility index (Phi) is 6.61. The van der Waals surface area contributed by atoms with Gasteiger partial charge in [0.15, 0.2) is 11.5 Å². The summed E-state index contributed by atoms with van der Waals surface area (Å²) in [6, 6.07) is 4.72. The van der Waals surface area contributed by atoms with E-state index < -0.39 is 11.1 Å². The van der Waals surface area contributed by atoms with Gasteiger partial charge >= 0.3 is 0 Å². The lowest BCUT2D eigenvalue weighted by molar-refractivity contribution is -0.135. The van der Waals surface area contributed by atoms with Crippen LogP contribution in [0.4, 0.5) is 4.79 Å². The third-order valence-electron chi connectivity index (χ3n) is 4.71. The maximum Gasteiger partial charge on any atom is 0.294 e. The molecule has 0 bridgehead atoms. The molecule has 1 N–H and O–H groups in total. The van der Waals surface area contributed by atoms with E-state index in [1.54, 1.807) is 30.0 Å². The van der Waals surface area contributed by atoms with Crippen molar-refractivity contribution in [1.29, 1.82) is 0 Å². The van der Waals surface area contributed by atoms with Gasteiger partial charge in [-0.3, -0.25) is 19.3 Å². The Morgan fingerprint density at radius 2 is 1.93 bits per heavy atom. The van der Waals surface area contributed by atoms with Crippen LogP contribution in [-0.2, 0) is 9.59 Å². The zero-order valence-electron chi connectivity index (χ0n) is 15.8. The van der Waals surface area contributed by atoms with E-state index in [4.69, 9.17) is 4.74 Å². The summed E-state index contributed by atoms with van der Waals surface area (Å²) in [5.74, 6) is -0.333. The molecule has 0 atom stereocenters.